The van der Waals surface area contributed by atoms with E-state index in [9.17, 15) is 14.4 Å². The normalized spacial score (nSPS) is 29.8. The molecule has 5 atom stereocenters. The molecule has 3 unspecified atom stereocenters. The minimum atomic E-state index is -1.08. The van der Waals surface area contributed by atoms with E-state index < -0.39 is 47.3 Å². The monoisotopic (exact) mass is 393 g/mol. The van der Waals surface area contributed by atoms with E-state index in [1.54, 1.807) is 0 Å². The van der Waals surface area contributed by atoms with Gasteiger partial charge in [-0.05, 0) is 5.53 Å². The molecule has 1 aliphatic heterocycles. The van der Waals surface area contributed by atoms with E-state index in [-0.39, 0.29) is 6.61 Å². The first-order valence-electron chi connectivity index (χ1n) is 6.57. The molecule has 0 saturated carbocycles. The van der Waals surface area contributed by atoms with Crippen LogP contribution in [0.4, 0.5) is 0 Å². The van der Waals surface area contributed by atoms with Crippen molar-refractivity contribution in [1.29, 1.82) is 0 Å². The number of hydrogen-bond acceptors (Lipinski definition) is 8. The van der Waals surface area contributed by atoms with Crippen LogP contribution in [0.1, 0.15) is 20.8 Å². The predicted molar refractivity (Wildman–Crippen MR) is 78.3 cm³/mol. The standard InChI is InChI=1S/C12H16BrN3O7/c1-5(17)20-4-8-10(21-6(2)18)9(15-16-14)11(12(13)23-8)22-7(3)19/h8-12H,4H2,1-3H3/t8?,9?,10-,11?,12-/m0/s1. The number of hydrogen-bond donors (Lipinski definition) is 0. The first kappa shape index (κ1) is 19.2. The zero-order valence-corrected chi connectivity index (χ0v) is 14.3. The molecule has 0 amide bonds. The van der Waals surface area contributed by atoms with Crippen LogP contribution in [0.5, 0.6) is 0 Å². The Kier molecular flexibility index (Phi) is 7.27. The van der Waals surface area contributed by atoms with Gasteiger partial charge in [-0.25, -0.2) is 0 Å². The maximum atomic E-state index is 11.3. The van der Waals surface area contributed by atoms with Crippen molar-refractivity contribution in [1.82, 2.24) is 0 Å². The van der Waals surface area contributed by atoms with Gasteiger partial charge in [0.25, 0.3) is 0 Å². The van der Waals surface area contributed by atoms with Gasteiger partial charge in [0.05, 0.1) is 0 Å². The summed E-state index contributed by atoms with van der Waals surface area (Å²) in [5.41, 5.74) is 8.75. The van der Waals surface area contributed by atoms with Crippen LogP contribution in [0.15, 0.2) is 5.11 Å². The second-order valence-electron chi connectivity index (χ2n) is 4.67. The average Bonchev–Trinajstić information content (AvgIpc) is 2.43. The largest absolute Gasteiger partial charge is 0.463 e. The third-order valence-corrected chi connectivity index (χ3v) is 3.58. The van der Waals surface area contributed by atoms with E-state index in [0.29, 0.717) is 0 Å². The predicted octanol–water partition coefficient (Wildman–Crippen LogP) is 1.21. The van der Waals surface area contributed by atoms with E-state index in [1.165, 1.54) is 13.8 Å². The number of halogens is 1. The Morgan fingerprint density at radius 1 is 1.13 bits per heavy atom. The summed E-state index contributed by atoms with van der Waals surface area (Å²) in [7, 11) is 0. The molecule has 0 aliphatic carbocycles. The highest BCUT2D eigenvalue weighted by Crippen LogP contribution is 2.31. The van der Waals surface area contributed by atoms with Crippen molar-refractivity contribution in [2.45, 2.75) is 50.1 Å². The summed E-state index contributed by atoms with van der Waals surface area (Å²) in [5.74, 6) is -1.83. The minimum Gasteiger partial charge on any atom is -0.463 e. The van der Waals surface area contributed by atoms with Gasteiger partial charge in [0.2, 0.25) is 0 Å². The summed E-state index contributed by atoms with van der Waals surface area (Å²) in [6.45, 7) is 3.33. The molecular formula is C12H16BrN3O7. The molecule has 1 aliphatic rings. The zero-order chi connectivity index (χ0) is 17.6. The quantitative estimate of drug-likeness (QED) is 0.171. The van der Waals surface area contributed by atoms with E-state index in [1.807, 2.05) is 0 Å². The number of esters is 3. The maximum absolute atomic E-state index is 11.3. The van der Waals surface area contributed by atoms with Gasteiger partial charge in [-0.1, -0.05) is 21.0 Å². The molecule has 10 nitrogen and oxygen atoms in total. The van der Waals surface area contributed by atoms with Crippen molar-refractivity contribution in [3.63, 3.8) is 0 Å². The van der Waals surface area contributed by atoms with Gasteiger partial charge in [-0.3, -0.25) is 14.4 Å². The summed E-state index contributed by atoms with van der Waals surface area (Å²) in [6.07, 6.45) is -2.99. The van der Waals surface area contributed by atoms with Crippen molar-refractivity contribution in [2.24, 2.45) is 5.11 Å². The summed E-state index contributed by atoms with van der Waals surface area (Å²) in [6, 6.07) is -1.05. The van der Waals surface area contributed by atoms with Gasteiger partial charge in [0, 0.05) is 25.7 Å². The lowest BCUT2D eigenvalue weighted by molar-refractivity contribution is -0.199. The van der Waals surface area contributed by atoms with E-state index in [2.05, 4.69) is 26.0 Å². The van der Waals surface area contributed by atoms with Gasteiger partial charge < -0.3 is 18.9 Å². The van der Waals surface area contributed by atoms with Gasteiger partial charge in [0.1, 0.15) is 31.0 Å². The Balaban J connectivity index is 3.09. The number of nitrogens with zero attached hydrogens (tertiary/aromatic N) is 3. The topological polar surface area (TPSA) is 137 Å². The number of alkyl halides is 1. The summed E-state index contributed by atoms with van der Waals surface area (Å²) in [4.78, 5) is 36.2. The van der Waals surface area contributed by atoms with E-state index in [0.717, 1.165) is 6.92 Å². The molecule has 0 aromatic rings. The molecule has 1 fully saturated rings. The fourth-order valence-electron chi connectivity index (χ4n) is 2.06. The molecule has 1 rings (SSSR count). The molecule has 23 heavy (non-hydrogen) atoms. The second kappa shape index (κ2) is 8.70. The van der Waals surface area contributed by atoms with Gasteiger partial charge in [0.15, 0.2) is 5.01 Å². The van der Waals surface area contributed by atoms with Gasteiger partial charge in [-0.2, -0.15) is 0 Å². The van der Waals surface area contributed by atoms with Crippen molar-refractivity contribution >= 4 is 33.8 Å². The molecule has 0 N–H and O–H groups in total. The molecule has 0 radical (unpaired) electrons. The van der Waals surface area contributed by atoms with Crippen LogP contribution in [0.3, 0.4) is 0 Å². The summed E-state index contributed by atoms with van der Waals surface area (Å²) < 4.78 is 20.6. The molecule has 0 aromatic carbocycles. The van der Waals surface area contributed by atoms with E-state index in [4.69, 9.17) is 24.5 Å². The van der Waals surface area contributed by atoms with Gasteiger partial charge >= 0.3 is 17.9 Å². The Labute approximate surface area is 140 Å². The van der Waals surface area contributed by atoms with Crippen LogP contribution in [-0.4, -0.2) is 53.9 Å². The molecule has 1 saturated heterocycles. The zero-order valence-electron chi connectivity index (χ0n) is 12.7. The maximum Gasteiger partial charge on any atom is 0.303 e. The smallest absolute Gasteiger partial charge is 0.303 e. The highest BCUT2D eigenvalue weighted by Gasteiger charge is 2.48. The fourth-order valence-corrected chi connectivity index (χ4v) is 2.76. The SMILES string of the molecule is CC(=O)OCC1O[C@H](Br)C(OC(C)=O)C(N=[N+]=[N-])[C@H]1OC(C)=O. The second-order valence-corrected chi connectivity index (χ2v) is 5.57. The van der Waals surface area contributed by atoms with Crippen molar-refractivity contribution in [2.75, 3.05) is 6.61 Å². The van der Waals surface area contributed by atoms with Crippen molar-refractivity contribution in [3.8, 4) is 0 Å². The van der Waals surface area contributed by atoms with Crippen LogP contribution in [0, 0.1) is 0 Å². The number of rotatable bonds is 5. The third-order valence-electron chi connectivity index (χ3n) is 2.84. The number of azide groups is 1. The fraction of sp³-hybridized carbons (Fsp3) is 0.750. The highest BCUT2D eigenvalue weighted by atomic mass is 79.9. The number of carbonyl (C=O) groups excluding carboxylic acids is 3. The third kappa shape index (κ3) is 5.70. The average molecular weight is 394 g/mol. The molecular weight excluding hydrogens is 378 g/mol. The molecule has 128 valence electrons. The van der Waals surface area contributed by atoms with E-state index >= 15 is 0 Å². The Morgan fingerprint density at radius 2 is 1.70 bits per heavy atom. The van der Waals surface area contributed by atoms with Crippen LogP contribution >= 0.6 is 15.9 Å². The Hall–Kier alpha value is -1.84. The molecule has 1 heterocycles. The first-order valence-corrected chi connectivity index (χ1v) is 7.49. The lowest BCUT2D eigenvalue weighted by Crippen LogP contribution is -2.58. The van der Waals surface area contributed by atoms with Crippen molar-refractivity contribution < 1.29 is 33.3 Å². The summed E-state index contributed by atoms with van der Waals surface area (Å²) >= 11 is 3.17. The minimum absolute atomic E-state index is 0.223. The first-order chi connectivity index (χ1) is 10.8. The lowest BCUT2D eigenvalue weighted by Gasteiger charge is -2.41. The molecule has 0 aromatic heterocycles. The van der Waals surface area contributed by atoms with Gasteiger partial charge in [-0.15, -0.1) is 0 Å². The Morgan fingerprint density at radius 3 is 2.17 bits per heavy atom. The molecule has 0 spiro atoms. The van der Waals surface area contributed by atoms with Crippen LogP contribution in [-0.2, 0) is 33.3 Å². The number of ether oxygens (including phenoxy) is 4. The van der Waals surface area contributed by atoms with Crippen molar-refractivity contribution in [3.05, 3.63) is 10.4 Å². The Bertz CT molecular complexity index is 523. The summed E-state index contributed by atoms with van der Waals surface area (Å²) in [5, 5.41) is 2.72. The highest BCUT2D eigenvalue weighted by molar-refractivity contribution is 9.09. The van der Waals surface area contributed by atoms with Crippen LogP contribution < -0.4 is 0 Å². The van der Waals surface area contributed by atoms with Crippen LogP contribution in [0.25, 0.3) is 10.4 Å². The lowest BCUT2D eigenvalue weighted by atomic mass is 9.97. The molecule has 0 bridgehead atoms. The molecule has 11 heteroatoms. The number of carbonyl (C=O) groups is 3. The van der Waals surface area contributed by atoms with Crippen LogP contribution in [0.2, 0.25) is 0 Å².